The van der Waals surface area contributed by atoms with Crippen LogP contribution in [0.1, 0.15) is 40.0 Å². The van der Waals surface area contributed by atoms with Gasteiger partial charge in [-0.05, 0) is 37.3 Å². The van der Waals surface area contributed by atoms with Gasteiger partial charge in [0, 0.05) is 12.6 Å². The van der Waals surface area contributed by atoms with Crippen molar-refractivity contribution in [3.8, 4) is 5.75 Å². The maximum atomic E-state index is 5.90. The summed E-state index contributed by atoms with van der Waals surface area (Å²) in [5.41, 5.74) is 1.11. The molecule has 112 valence electrons. The summed E-state index contributed by atoms with van der Waals surface area (Å²) < 4.78 is 11.6. The Labute approximate surface area is 122 Å². The molecular weight excluding hydrogens is 250 g/mol. The van der Waals surface area contributed by atoms with Crippen LogP contribution in [0.3, 0.4) is 0 Å². The maximum Gasteiger partial charge on any atom is 0.142 e. The second kappa shape index (κ2) is 7.53. The third kappa shape index (κ3) is 4.41. The number of anilines is 1. The number of hydrogen-bond donors (Lipinski definition) is 1. The molecule has 20 heavy (non-hydrogen) atoms. The Morgan fingerprint density at radius 3 is 2.90 bits per heavy atom. The van der Waals surface area contributed by atoms with Gasteiger partial charge in [0.1, 0.15) is 5.75 Å². The van der Waals surface area contributed by atoms with Gasteiger partial charge in [0.2, 0.25) is 0 Å². The van der Waals surface area contributed by atoms with Gasteiger partial charge < -0.3 is 14.8 Å². The van der Waals surface area contributed by atoms with Crippen molar-refractivity contribution in [1.29, 1.82) is 0 Å². The van der Waals surface area contributed by atoms with Crippen molar-refractivity contribution in [2.75, 3.05) is 18.5 Å². The molecule has 1 aromatic rings. The molecule has 0 saturated carbocycles. The van der Waals surface area contributed by atoms with Gasteiger partial charge in [-0.25, -0.2) is 0 Å². The number of benzene rings is 1. The fourth-order valence-electron chi connectivity index (χ4n) is 2.48. The highest BCUT2D eigenvalue weighted by atomic mass is 16.5. The summed E-state index contributed by atoms with van der Waals surface area (Å²) in [6.07, 6.45) is 3.62. The van der Waals surface area contributed by atoms with Gasteiger partial charge in [-0.15, -0.1) is 0 Å². The zero-order chi connectivity index (χ0) is 14.4. The molecule has 0 amide bonds. The summed E-state index contributed by atoms with van der Waals surface area (Å²) in [5, 5.41) is 3.63. The van der Waals surface area contributed by atoms with Crippen molar-refractivity contribution in [2.45, 2.75) is 52.2 Å². The molecule has 2 atom stereocenters. The van der Waals surface area contributed by atoms with E-state index in [0.717, 1.165) is 43.9 Å². The molecule has 1 N–H and O–H groups in total. The maximum absolute atomic E-state index is 5.90. The second-order valence-corrected chi connectivity index (χ2v) is 5.97. The van der Waals surface area contributed by atoms with Crippen LogP contribution in [0, 0.1) is 5.92 Å². The van der Waals surface area contributed by atoms with Crippen molar-refractivity contribution in [3.05, 3.63) is 24.3 Å². The topological polar surface area (TPSA) is 30.5 Å². The summed E-state index contributed by atoms with van der Waals surface area (Å²) in [4.78, 5) is 0. The standard InChI is InChI=1S/C17H27NO2/c1-4-15-11-14(9-10-19-15)18-16-7-5-6-8-17(16)20-12-13(2)3/h5-8,13-15,18H,4,9-12H2,1-3H3. The first kappa shape index (κ1) is 15.2. The molecule has 0 bridgehead atoms. The average molecular weight is 277 g/mol. The van der Waals surface area contributed by atoms with Crippen molar-refractivity contribution >= 4 is 5.69 Å². The number of nitrogens with one attached hydrogen (secondary N) is 1. The largest absolute Gasteiger partial charge is 0.491 e. The minimum Gasteiger partial charge on any atom is -0.491 e. The first-order valence-electron chi connectivity index (χ1n) is 7.79. The van der Waals surface area contributed by atoms with E-state index in [1.807, 2.05) is 12.1 Å². The smallest absolute Gasteiger partial charge is 0.142 e. The highest BCUT2D eigenvalue weighted by Crippen LogP contribution is 2.28. The van der Waals surface area contributed by atoms with E-state index in [-0.39, 0.29) is 0 Å². The monoisotopic (exact) mass is 277 g/mol. The average Bonchev–Trinajstić information content (AvgIpc) is 2.46. The zero-order valence-electron chi connectivity index (χ0n) is 12.9. The molecule has 0 aliphatic carbocycles. The third-order valence-corrected chi connectivity index (χ3v) is 3.64. The van der Waals surface area contributed by atoms with Gasteiger partial charge in [-0.1, -0.05) is 32.9 Å². The molecule has 1 saturated heterocycles. The molecule has 3 heteroatoms. The van der Waals surface area contributed by atoms with Crippen LogP contribution in [-0.2, 0) is 4.74 Å². The molecule has 1 aliphatic heterocycles. The first-order valence-corrected chi connectivity index (χ1v) is 7.79. The van der Waals surface area contributed by atoms with Crippen LogP contribution in [0.25, 0.3) is 0 Å². The lowest BCUT2D eigenvalue weighted by atomic mass is 10.0. The summed E-state index contributed by atoms with van der Waals surface area (Å²) in [5.74, 6) is 1.50. The Bertz CT molecular complexity index is 406. The van der Waals surface area contributed by atoms with E-state index in [4.69, 9.17) is 9.47 Å². The minimum absolute atomic E-state index is 0.394. The third-order valence-electron chi connectivity index (χ3n) is 3.64. The highest BCUT2D eigenvalue weighted by Gasteiger charge is 2.21. The summed E-state index contributed by atoms with van der Waals surface area (Å²) >= 11 is 0. The molecule has 1 fully saturated rings. The zero-order valence-corrected chi connectivity index (χ0v) is 12.9. The molecule has 1 heterocycles. The predicted molar refractivity (Wildman–Crippen MR) is 83.5 cm³/mol. The Morgan fingerprint density at radius 1 is 1.35 bits per heavy atom. The molecule has 0 radical (unpaired) electrons. The molecule has 1 aliphatic rings. The van der Waals surface area contributed by atoms with Crippen LogP contribution < -0.4 is 10.1 Å². The Hall–Kier alpha value is -1.22. The molecule has 1 aromatic carbocycles. The summed E-state index contributed by atoms with van der Waals surface area (Å²) in [6, 6.07) is 8.71. The Balaban J connectivity index is 1.97. The first-order chi connectivity index (χ1) is 9.69. The van der Waals surface area contributed by atoms with Crippen molar-refractivity contribution in [2.24, 2.45) is 5.92 Å². The molecular formula is C17H27NO2. The van der Waals surface area contributed by atoms with E-state index >= 15 is 0 Å². The highest BCUT2D eigenvalue weighted by molar-refractivity contribution is 5.56. The number of ether oxygens (including phenoxy) is 2. The molecule has 0 spiro atoms. The molecule has 0 aromatic heterocycles. The normalized spacial score (nSPS) is 22.8. The summed E-state index contributed by atoms with van der Waals surface area (Å²) in [6.45, 7) is 8.13. The Kier molecular flexibility index (Phi) is 5.72. The molecule has 3 nitrogen and oxygen atoms in total. The van der Waals surface area contributed by atoms with E-state index in [2.05, 4.69) is 38.2 Å². The van der Waals surface area contributed by atoms with Crippen molar-refractivity contribution in [1.82, 2.24) is 0 Å². The molecule has 2 rings (SSSR count). The van der Waals surface area contributed by atoms with Gasteiger partial charge in [-0.2, -0.15) is 0 Å². The molecule has 2 unspecified atom stereocenters. The fourth-order valence-corrected chi connectivity index (χ4v) is 2.48. The predicted octanol–water partition coefficient (Wildman–Crippen LogP) is 4.09. The van der Waals surface area contributed by atoms with Crippen LogP contribution in [0.15, 0.2) is 24.3 Å². The van der Waals surface area contributed by atoms with Gasteiger partial charge in [0.15, 0.2) is 0 Å². The number of rotatable bonds is 6. The summed E-state index contributed by atoms with van der Waals surface area (Å²) in [7, 11) is 0. The number of hydrogen-bond acceptors (Lipinski definition) is 3. The quantitative estimate of drug-likeness (QED) is 0.849. The van der Waals surface area contributed by atoms with E-state index in [1.54, 1.807) is 0 Å². The van der Waals surface area contributed by atoms with Crippen molar-refractivity contribution < 1.29 is 9.47 Å². The minimum atomic E-state index is 0.394. The van der Waals surface area contributed by atoms with E-state index in [0.29, 0.717) is 18.1 Å². The van der Waals surface area contributed by atoms with Crippen LogP contribution in [0.4, 0.5) is 5.69 Å². The van der Waals surface area contributed by atoms with E-state index in [1.165, 1.54) is 0 Å². The second-order valence-electron chi connectivity index (χ2n) is 5.97. The van der Waals surface area contributed by atoms with Crippen molar-refractivity contribution in [3.63, 3.8) is 0 Å². The van der Waals surface area contributed by atoms with Crippen LogP contribution >= 0.6 is 0 Å². The lowest BCUT2D eigenvalue weighted by molar-refractivity contribution is 0.00922. The van der Waals surface area contributed by atoms with Gasteiger partial charge in [0.25, 0.3) is 0 Å². The lowest BCUT2D eigenvalue weighted by Gasteiger charge is -2.30. The van der Waals surface area contributed by atoms with Gasteiger partial charge in [-0.3, -0.25) is 0 Å². The van der Waals surface area contributed by atoms with Crippen LogP contribution in [0.5, 0.6) is 5.75 Å². The number of para-hydroxylation sites is 2. The SMILES string of the molecule is CCC1CC(Nc2ccccc2OCC(C)C)CCO1. The van der Waals surface area contributed by atoms with E-state index in [9.17, 15) is 0 Å². The fraction of sp³-hybridized carbons (Fsp3) is 0.647. The van der Waals surface area contributed by atoms with Crippen LogP contribution in [0.2, 0.25) is 0 Å². The van der Waals surface area contributed by atoms with E-state index < -0.39 is 0 Å². The van der Waals surface area contributed by atoms with Gasteiger partial charge in [0.05, 0.1) is 18.4 Å². The van der Waals surface area contributed by atoms with Gasteiger partial charge >= 0.3 is 0 Å². The lowest BCUT2D eigenvalue weighted by Crippen LogP contribution is -2.33. The van der Waals surface area contributed by atoms with Crippen LogP contribution in [-0.4, -0.2) is 25.4 Å². The Morgan fingerprint density at radius 2 is 2.15 bits per heavy atom.